The van der Waals surface area contributed by atoms with Gasteiger partial charge >= 0.3 is 0 Å². The van der Waals surface area contributed by atoms with Crippen LogP contribution in [0.2, 0.25) is 0 Å². The highest BCUT2D eigenvalue weighted by molar-refractivity contribution is 6.21. The summed E-state index contributed by atoms with van der Waals surface area (Å²) in [5, 5.41) is 26.7. The first-order valence-corrected chi connectivity index (χ1v) is 21.9. The molecular weight excluding hydrogens is 765 g/mol. The van der Waals surface area contributed by atoms with Gasteiger partial charge in [0.15, 0.2) is 0 Å². The SMILES string of the molecule is CC(C)c1ccc(N(c2ccc(C#N)cc2)c2ccc3c4c(c5ccccc5c3c2)-c2cc(N(c3ccc(C#N)cc3)c3ccc(C(C)C)cc3)c3ccccc3c2C4(C)C)cc1. The molecule has 0 atom stereocenters. The molecular formula is C59H48N4. The molecule has 0 fully saturated rings. The van der Waals surface area contributed by atoms with Crippen molar-refractivity contribution < 1.29 is 0 Å². The zero-order valence-corrected chi connectivity index (χ0v) is 36.6. The van der Waals surface area contributed by atoms with Crippen LogP contribution in [0.25, 0.3) is 43.4 Å². The van der Waals surface area contributed by atoms with Crippen LogP contribution in [0.3, 0.4) is 0 Å². The van der Waals surface area contributed by atoms with Crippen molar-refractivity contribution in [3.8, 4) is 23.3 Å². The third kappa shape index (κ3) is 6.50. The van der Waals surface area contributed by atoms with Crippen LogP contribution in [-0.2, 0) is 5.41 Å². The Kier molecular flexibility index (Phi) is 9.62. The minimum absolute atomic E-state index is 0.343. The van der Waals surface area contributed by atoms with Crippen molar-refractivity contribution in [2.45, 2.75) is 58.8 Å². The standard InChI is InChI=1S/C59H48N4/c1-37(2)41-19-27-44(28-20-41)62(43-23-15-39(35-60)16-24-43)47-31-32-52-53(33-47)48-11-7-9-13-50(48)56-54-34-55(49-12-8-10-14-51(49)57(54)59(5,6)58(52)56)63(45-25-17-40(36-61)18-26-45)46-29-21-42(22-30-46)38(3)4/h7-34,37-38H,1-6H3. The third-order valence-corrected chi connectivity index (χ3v) is 13.2. The van der Waals surface area contributed by atoms with E-state index >= 15 is 0 Å². The van der Waals surface area contributed by atoms with E-state index in [1.54, 1.807) is 0 Å². The summed E-state index contributed by atoms with van der Waals surface area (Å²) in [6.45, 7) is 13.7. The van der Waals surface area contributed by atoms with Crippen molar-refractivity contribution in [3.05, 3.63) is 203 Å². The van der Waals surface area contributed by atoms with Gasteiger partial charge in [0.25, 0.3) is 0 Å². The van der Waals surface area contributed by atoms with Gasteiger partial charge < -0.3 is 9.80 Å². The first kappa shape index (κ1) is 39.5. The van der Waals surface area contributed by atoms with Gasteiger partial charge in [0, 0.05) is 39.2 Å². The van der Waals surface area contributed by atoms with E-state index < -0.39 is 0 Å². The van der Waals surface area contributed by atoms with E-state index in [9.17, 15) is 10.5 Å². The van der Waals surface area contributed by atoms with E-state index in [2.05, 4.69) is 197 Å². The fourth-order valence-electron chi connectivity index (χ4n) is 10.0. The summed E-state index contributed by atoms with van der Waals surface area (Å²) in [6.07, 6.45) is 0. The zero-order chi connectivity index (χ0) is 43.6. The van der Waals surface area contributed by atoms with Crippen LogP contribution in [0.1, 0.15) is 86.8 Å². The van der Waals surface area contributed by atoms with Gasteiger partial charge in [0.05, 0.1) is 29.0 Å². The highest BCUT2D eigenvalue weighted by Gasteiger charge is 2.41. The molecule has 0 heterocycles. The molecule has 63 heavy (non-hydrogen) atoms. The lowest BCUT2D eigenvalue weighted by Gasteiger charge is -2.30. The second-order valence-corrected chi connectivity index (χ2v) is 18.0. The van der Waals surface area contributed by atoms with E-state index in [0.717, 1.165) is 34.1 Å². The normalized spacial score (nSPS) is 12.7. The van der Waals surface area contributed by atoms with Gasteiger partial charge in [0.1, 0.15) is 0 Å². The maximum atomic E-state index is 9.75. The lowest BCUT2D eigenvalue weighted by molar-refractivity contribution is 0.672. The van der Waals surface area contributed by atoms with E-state index in [0.29, 0.717) is 23.0 Å². The molecule has 0 saturated carbocycles. The molecule has 0 radical (unpaired) electrons. The largest absolute Gasteiger partial charge is 0.310 e. The number of hydrogen-bond donors (Lipinski definition) is 0. The molecule has 9 aromatic rings. The molecule has 10 rings (SSSR count). The molecule has 1 aliphatic carbocycles. The number of nitrogens with zero attached hydrogens (tertiary/aromatic N) is 4. The number of rotatable bonds is 8. The molecule has 0 aromatic heterocycles. The molecule has 0 amide bonds. The molecule has 4 heteroatoms. The lowest BCUT2D eigenvalue weighted by atomic mass is 9.77. The average Bonchev–Trinajstić information content (AvgIpc) is 3.56. The first-order chi connectivity index (χ1) is 30.6. The Labute approximate surface area is 370 Å². The molecule has 0 aliphatic heterocycles. The van der Waals surface area contributed by atoms with E-state index in [4.69, 9.17) is 0 Å². The molecule has 0 spiro atoms. The first-order valence-electron chi connectivity index (χ1n) is 21.9. The summed E-state index contributed by atoms with van der Waals surface area (Å²) in [6, 6.07) is 65.4. The van der Waals surface area contributed by atoms with Gasteiger partial charge in [-0.05, 0) is 163 Å². The number of fused-ring (bicyclic) bond motifs is 10. The van der Waals surface area contributed by atoms with Gasteiger partial charge in [-0.15, -0.1) is 0 Å². The quantitative estimate of drug-likeness (QED) is 0.143. The van der Waals surface area contributed by atoms with Crippen molar-refractivity contribution >= 4 is 66.4 Å². The Morgan fingerprint density at radius 2 is 0.841 bits per heavy atom. The minimum Gasteiger partial charge on any atom is -0.310 e. The van der Waals surface area contributed by atoms with Crippen molar-refractivity contribution in [1.29, 1.82) is 10.5 Å². The van der Waals surface area contributed by atoms with Crippen molar-refractivity contribution in [2.75, 3.05) is 9.80 Å². The van der Waals surface area contributed by atoms with Crippen LogP contribution in [0.5, 0.6) is 0 Å². The van der Waals surface area contributed by atoms with E-state index in [1.165, 1.54) is 65.7 Å². The van der Waals surface area contributed by atoms with Gasteiger partial charge in [-0.2, -0.15) is 10.5 Å². The molecule has 9 aromatic carbocycles. The maximum absolute atomic E-state index is 9.75. The third-order valence-electron chi connectivity index (χ3n) is 13.2. The van der Waals surface area contributed by atoms with E-state index in [1.807, 2.05) is 36.4 Å². The summed E-state index contributed by atoms with van der Waals surface area (Å²) in [5.41, 5.74) is 15.0. The summed E-state index contributed by atoms with van der Waals surface area (Å²) < 4.78 is 0. The highest BCUT2D eigenvalue weighted by Crippen LogP contribution is 2.59. The summed E-state index contributed by atoms with van der Waals surface area (Å²) in [7, 11) is 0. The van der Waals surface area contributed by atoms with Gasteiger partial charge in [-0.25, -0.2) is 0 Å². The zero-order valence-electron chi connectivity index (χ0n) is 36.6. The second-order valence-electron chi connectivity index (χ2n) is 18.0. The molecule has 0 N–H and O–H groups in total. The number of anilines is 6. The van der Waals surface area contributed by atoms with Crippen LogP contribution >= 0.6 is 0 Å². The van der Waals surface area contributed by atoms with Crippen molar-refractivity contribution in [2.24, 2.45) is 0 Å². The smallest absolute Gasteiger partial charge is 0.0991 e. The summed E-state index contributed by atoms with van der Waals surface area (Å²) in [5.74, 6) is 0.837. The molecule has 0 bridgehead atoms. The van der Waals surface area contributed by atoms with Crippen LogP contribution in [0, 0.1) is 22.7 Å². The number of hydrogen-bond acceptors (Lipinski definition) is 4. The fraction of sp³-hybridized carbons (Fsp3) is 0.153. The maximum Gasteiger partial charge on any atom is 0.0991 e. The van der Waals surface area contributed by atoms with Gasteiger partial charge in [-0.3, -0.25) is 0 Å². The number of benzene rings is 9. The summed E-state index contributed by atoms with van der Waals surface area (Å²) in [4.78, 5) is 4.66. The second kappa shape index (κ2) is 15.4. The minimum atomic E-state index is -0.343. The Morgan fingerprint density at radius 1 is 0.413 bits per heavy atom. The van der Waals surface area contributed by atoms with Gasteiger partial charge in [-0.1, -0.05) is 120 Å². The fourth-order valence-corrected chi connectivity index (χ4v) is 10.0. The Bertz CT molecular complexity index is 3310. The molecule has 0 unspecified atom stereocenters. The Morgan fingerprint density at radius 3 is 1.35 bits per heavy atom. The van der Waals surface area contributed by atoms with Crippen LogP contribution in [-0.4, -0.2) is 0 Å². The van der Waals surface area contributed by atoms with Crippen molar-refractivity contribution in [1.82, 2.24) is 0 Å². The molecule has 0 saturated heterocycles. The topological polar surface area (TPSA) is 54.1 Å². The van der Waals surface area contributed by atoms with Crippen molar-refractivity contribution in [3.63, 3.8) is 0 Å². The number of nitriles is 2. The van der Waals surface area contributed by atoms with Crippen LogP contribution in [0.4, 0.5) is 34.1 Å². The summed E-state index contributed by atoms with van der Waals surface area (Å²) >= 11 is 0. The van der Waals surface area contributed by atoms with E-state index in [-0.39, 0.29) is 5.41 Å². The Hall–Kier alpha value is -7.66. The average molecular weight is 813 g/mol. The van der Waals surface area contributed by atoms with Gasteiger partial charge in [0.2, 0.25) is 0 Å². The predicted molar refractivity (Wildman–Crippen MR) is 263 cm³/mol. The molecule has 1 aliphatic rings. The Balaban J connectivity index is 1.23. The highest BCUT2D eigenvalue weighted by atomic mass is 15.1. The molecule has 4 nitrogen and oxygen atoms in total. The van der Waals surface area contributed by atoms with Crippen LogP contribution in [0.15, 0.2) is 170 Å². The monoisotopic (exact) mass is 812 g/mol. The molecule has 304 valence electrons. The predicted octanol–water partition coefficient (Wildman–Crippen LogP) is 16.4. The lowest BCUT2D eigenvalue weighted by Crippen LogP contribution is -2.17. The van der Waals surface area contributed by atoms with Crippen LogP contribution < -0.4 is 9.80 Å².